The zero-order chi connectivity index (χ0) is 18.4. The van der Waals surface area contributed by atoms with Gasteiger partial charge in [0.2, 0.25) is 15.9 Å². The molecule has 0 saturated heterocycles. The maximum absolute atomic E-state index is 12.2. The van der Waals surface area contributed by atoms with Crippen molar-refractivity contribution in [3.8, 4) is 0 Å². The summed E-state index contributed by atoms with van der Waals surface area (Å²) in [4.78, 5) is 13.8. The van der Waals surface area contributed by atoms with Crippen LogP contribution in [-0.2, 0) is 21.4 Å². The molecule has 0 unspecified atom stereocenters. The van der Waals surface area contributed by atoms with Crippen LogP contribution in [0.1, 0.15) is 12.0 Å². The van der Waals surface area contributed by atoms with Crippen molar-refractivity contribution in [2.24, 2.45) is 0 Å². The van der Waals surface area contributed by atoms with Gasteiger partial charge < -0.3 is 4.90 Å². The highest BCUT2D eigenvalue weighted by molar-refractivity contribution is 9.10. The Balaban J connectivity index is 1.86. The summed E-state index contributed by atoms with van der Waals surface area (Å²) in [6.07, 6.45) is 0.0762. The predicted molar refractivity (Wildman–Crippen MR) is 102 cm³/mol. The molecule has 0 aliphatic heterocycles. The number of carbonyl (C=O) groups excluding carboxylic acids is 1. The van der Waals surface area contributed by atoms with Crippen molar-refractivity contribution in [2.45, 2.75) is 17.9 Å². The van der Waals surface area contributed by atoms with E-state index in [9.17, 15) is 13.2 Å². The van der Waals surface area contributed by atoms with Gasteiger partial charge in [-0.2, -0.15) is 0 Å². The minimum Gasteiger partial charge on any atom is -0.341 e. The maximum Gasteiger partial charge on any atom is 0.240 e. The maximum atomic E-state index is 12.2. The molecule has 0 bridgehead atoms. The summed E-state index contributed by atoms with van der Waals surface area (Å²) < 4.78 is 27.7. The van der Waals surface area contributed by atoms with E-state index < -0.39 is 10.0 Å². The van der Waals surface area contributed by atoms with Crippen LogP contribution in [0.2, 0.25) is 5.02 Å². The van der Waals surface area contributed by atoms with Gasteiger partial charge >= 0.3 is 0 Å². The summed E-state index contributed by atoms with van der Waals surface area (Å²) in [5.41, 5.74) is 0.999. The highest BCUT2D eigenvalue weighted by Crippen LogP contribution is 2.15. The Morgan fingerprint density at radius 3 is 2.52 bits per heavy atom. The summed E-state index contributed by atoms with van der Waals surface area (Å²) in [6, 6.07) is 13.7. The molecule has 2 rings (SSSR count). The molecule has 0 spiro atoms. The minimum absolute atomic E-state index is 0.0261. The third-order valence-corrected chi connectivity index (χ3v) is 5.72. The van der Waals surface area contributed by atoms with Gasteiger partial charge in [-0.1, -0.05) is 45.7 Å². The lowest BCUT2D eigenvalue weighted by atomic mass is 10.2. The van der Waals surface area contributed by atoms with Gasteiger partial charge in [0, 0.05) is 36.1 Å². The lowest BCUT2D eigenvalue weighted by molar-refractivity contribution is -0.130. The van der Waals surface area contributed by atoms with Gasteiger partial charge in [-0.15, -0.1) is 0 Å². The highest BCUT2D eigenvalue weighted by atomic mass is 79.9. The van der Waals surface area contributed by atoms with Crippen molar-refractivity contribution in [2.75, 3.05) is 13.6 Å². The molecule has 0 radical (unpaired) electrons. The van der Waals surface area contributed by atoms with E-state index >= 15 is 0 Å². The molecular formula is C17H18BrClN2O3S. The summed E-state index contributed by atoms with van der Waals surface area (Å²) in [5, 5.41) is 0.341. The van der Waals surface area contributed by atoms with Crippen molar-refractivity contribution in [3.05, 3.63) is 63.6 Å². The van der Waals surface area contributed by atoms with Crippen molar-refractivity contribution in [1.82, 2.24) is 9.62 Å². The average molecular weight is 446 g/mol. The lowest BCUT2D eigenvalue weighted by Crippen LogP contribution is -2.31. The third kappa shape index (κ3) is 6.11. The van der Waals surface area contributed by atoms with E-state index in [0.717, 1.165) is 10.0 Å². The molecular weight excluding hydrogens is 428 g/mol. The molecule has 2 aromatic carbocycles. The van der Waals surface area contributed by atoms with Crippen molar-refractivity contribution >= 4 is 43.5 Å². The summed E-state index contributed by atoms with van der Waals surface area (Å²) >= 11 is 9.17. The fraction of sp³-hybridized carbons (Fsp3) is 0.235. The van der Waals surface area contributed by atoms with Crippen LogP contribution < -0.4 is 4.72 Å². The first-order valence-corrected chi connectivity index (χ1v) is 10.2. The smallest absolute Gasteiger partial charge is 0.240 e. The largest absolute Gasteiger partial charge is 0.341 e. The molecule has 0 aliphatic carbocycles. The first-order chi connectivity index (χ1) is 11.8. The van der Waals surface area contributed by atoms with Crippen molar-refractivity contribution in [3.63, 3.8) is 0 Å². The predicted octanol–water partition coefficient (Wildman–Crippen LogP) is 3.43. The summed E-state index contributed by atoms with van der Waals surface area (Å²) in [7, 11) is -1.99. The second kappa shape index (κ2) is 8.80. The second-order valence-electron chi connectivity index (χ2n) is 5.48. The Morgan fingerprint density at radius 1 is 1.20 bits per heavy atom. The third-order valence-electron chi connectivity index (χ3n) is 3.50. The molecule has 2 aromatic rings. The van der Waals surface area contributed by atoms with Gasteiger partial charge in [0.15, 0.2) is 0 Å². The number of sulfonamides is 1. The number of nitrogens with zero attached hydrogens (tertiary/aromatic N) is 1. The zero-order valence-electron chi connectivity index (χ0n) is 13.6. The van der Waals surface area contributed by atoms with Crippen molar-refractivity contribution in [1.29, 1.82) is 0 Å². The van der Waals surface area contributed by atoms with Gasteiger partial charge in [-0.3, -0.25) is 4.79 Å². The van der Waals surface area contributed by atoms with Gasteiger partial charge in [0.05, 0.1) is 4.90 Å². The molecule has 5 nitrogen and oxygen atoms in total. The Bertz CT molecular complexity index is 841. The van der Waals surface area contributed by atoms with Crippen LogP contribution in [0.4, 0.5) is 0 Å². The molecule has 25 heavy (non-hydrogen) atoms. The zero-order valence-corrected chi connectivity index (χ0v) is 16.7. The topological polar surface area (TPSA) is 66.5 Å². The van der Waals surface area contributed by atoms with Crippen LogP contribution in [0.3, 0.4) is 0 Å². The summed E-state index contributed by atoms with van der Waals surface area (Å²) in [5.74, 6) is -0.142. The molecule has 1 amide bonds. The van der Waals surface area contributed by atoms with Crippen LogP contribution >= 0.6 is 27.5 Å². The van der Waals surface area contributed by atoms with Crippen LogP contribution in [-0.4, -0.2) is 32.8 Å². The van der Waals surface area contributed by atoms with Gasteiger partial charge in [-0.25, -0.2) is 13.1 Å². The summed E-state index contributed by atoms with van der Waals surface area (Å²) in [6.45, 7) is 0.492. The second-order valence-corrected chi connectivity index (χ2v) is 8.60. The SMILES string of the molecule is CN(Cc1ccc(Br)cc1)C(=O)CCNS(=O)(=O)c1cccc(Cl)c1. The molecule has 0 aliphatic rings. The normalized spacial score (nSPS) is 11.3. The Morgan fingerprint density at radius 2 is 1.88 bits per heavy atom. The van der Waals surface area contributed by atoms with E-state index in [-0.39, 0.29) is 23.8 Å². The van der Waals surface area contributed by atoms with E-state index in [0.29, 0.717) is 11.6 Å². The fourth-order valence-corrected chi connectivity index (χ4v) is 3.75. The lowest BCUT2D eigenvalue weighted by Gasteiger charge is -2.17. The Labute approximate surface area is 161 Å². The first kappa shape index (κ1) is 19.9. The molecule has 0 saturated carbocycles. The van der Waals surface area contributed by atoms with Crippen LogP contribution in [0.5, 0.6) is 0 Å². The molecule has 0 fully saturated rings. The number of rotatable bonds is 7. The van der Waals surface area contributed by atoms with E-state index in [2.05, 4.69) is 20.7 Å². The van der Waals surface area contributed by atoms with Crippen LogP contribution in [0.25, 0.3) is 0 Å². The Kier molecular flexibility index (Phi) is 7.01. The average Bonchev–Trinajstić information content (AvgIpc) is 2.56. The van der Waals surface area contributed by atoms with Crippen molar-refractivity contribution < 1.29 is 13.2 Å². The van der Waals surface area contributed by atoms with E-state index in [1.807, 2.05) is 24.3 Å². The number of carbonyl (C=O) groups is 1. The first-order valence-electron chi connectivity index (χ1n) is 7.51. The van der Waals surface area contributed by atoms with Gasteiger partial charge in [0.1, 0.15) is 0 Å². The molecule has 0 atom stereocenters. The number of nitrogens with one attached hydrogen (secondary N) is 1. The van der Waals surface area contributed by atoms with Crippen LogP contribution in [0.15, 0.2) is 57.9 Å². The van der Waals surface area contributed by atoms with Gasteiger partial charge in [-0.05, 0) is 35.9 Å². The van der Waals surface area contributed by atoms with E-state index in [1.54, 1.807) is 24.1 Å². The van der Waals surface area contributed by atoms with Gasteiger partial charge in [0.25, 0.3) is 0 Å². The number of halogens is 2. The number of amides is 1. The molecule has 0 heterocycles. The molecule has 8 heteroatoms. The number of benzene rings is 2. The fourth-order valence-electron chi connectivity index (χ4n) is 2.15. The highest BCUT2D eigenvalue weighted by Gasteiger charge is 2.15. The number of hydrogen-bond donors (Lipinski definition) is 1. The minimum atomic E-state index is -3.68. The van der Waals surface area contributed by atoms with E-state index in [1.165, 1.54) is 12.1 Å². The van der Waals surface area contributed by atoms with Crippen LogP contribution in [0, 0.1) is 0 Å². The van der Waals surface area contributed by atoms with E-state index in [4.69, 9.17) is 11.6 Å². The Hall–Kier alpha value is -1.41. The quantitative estimate of drug-likeness (QED) is 0.710. The molecule has 0 aromatic heterocycles. The number of hydrogen-bond acceptors (Lipinski definition) is 3. The standard InChI is InChI=1S/C17H18BrClN2O3S/c1-21(12-13-5-7-14(18)8-6-13)17(22)9-10-20-25(23,24)16-4-2-3-15(19)11-16/h2-8,11,20H,9-10,12H2,1H3. The molecule has 1 N–H and O–H groups in total. The molecule has 134 valence electrons. The monoisotopic (exact) mass is 444 g/mol.